The second-order valence-corrected chi connectivity index (χ2v) is 8.76. The fourth-order valence-electron chi connectivity index (χ4n) is 2.84. The zero-order valence-electron chi connectivity index (χ0n) is 17.2. The first-order chi connectivity index (χ1) is 16.0. The number of benzene rings is 3. The van der Waals surface area contributed by atoms with Gasteiger partial charge in [0.05, 0.1) is 11.4 Å². The maximum Gasteiger partial charge on any atom is 0.323 e. The largest absolute Gasteiger partial charge is 0.323 e. The zero-order chi connectivity index (χ0) is 23.0. The van der Waals surface area contributed by atoms with Crippen LogP contribution in [0, 0.1) is 5.82 Å². The summed E-state index contributed by atoms with van der Waals surface area (Å²) in [4.78, 5) is 29.6. The van der Waals surface area contributed by atoms with Crippen LogP contribution in [-0.4, -0.2) is 22.7 Å². The number of hydrogen-bond acceptors (Lipinski definition) is 5. The van der Waals surface area contributed by atoms with Crippen molar-refractivity contribution in [3.05, 3.63) is 90.1 Å². The molecule has 4 aromatic rings. The molecular weight excluding hydrogens is 459 g/mol. The molecule has 33 heavy (non-hydrogen) atoms. The highest BCUT2D eigenvalue weighted by molar-refractivity contribution is 8.00. The van der Waals surface area contributed by atoms with Crippen molar-refractivity contribution in [3.8, 4) is 11.3 Å². The predicted octanol–water partition coefficient (Wildman–Crippen LogP) is 6.32. The van der Waals surface area contributed by atoms with E-state index in [9.17, 15) is 14.0 Å². The maximum absolute atomic E-state index is 13.1. The van der Waals surface area contributed by atoms with Gasteiger partial charge < -0.3 is 16.0 Å². The molecule has 0 aliphatic carbocycles. The highest BCUT2D eigenvalue weighted by atomic mass is 32.2. The van der Waals surface area contributed by atoms with Crippen molar-refractivity contribution in [2.45, 2.75) is 4.90 Å². The van der Waals surface area contributed by atoms with E-state index < -0.39 is 0 Å². The Morgan fingerprint density at radius 3 is 2.21 bits per heavy atom. The Morgan fingerprint density at radius 2 is 1.52 bits per heavy atom. The SMILES string of the molecule is O=C(CSc1ccc(NC(=O)Nc2ccccc2)cc1)Nc1nc(-c2ccc(F)cc2)cs1. The Bertz CT molecular complexity index is 1230. The van der Waals surface area contributed by atoms with Crippen LogP contribution in [0.3, 0.4) is 0 Å². The number of amides is 3. The molecule has 0 atom stereocenters. The van der Waals surface area contributed by atoms with Crippen molar-refractivity contribution in [2.75, 3.05) is 21.7 Å². The summed E-state index contributed by atoms with van der Waals surface area (Å²) < 4.78 is 13.1. The topological polar surface area (TPSA) is 83.1 Å². The van der Waals surface area contributed by atoms with Crippen molar-refractivity contribution in [1.29, 1.82) is 0 Å². The third-order valence-electron chi connectivity index (χ3n) is 4.40. The number of carbonyl (C=O) groups excluding carboxylic acids is 2. The normalized spacial score (nSPS) is 10.5. The van der Waals surface area contributed by atoms with Crippen LogP contribution in [0.15, 0.2) is 89.1 Å². The number of anilines is 3. The van der Waals surface area contributed by atoms with E-state index in [0.717, 1.165) is 10.5 Å². The van der Waals surface area contributed by atoms with Crippen LogP contribution in [0.1, 0.15) is 0 Å². The minimum atomic E-state index is -0.329. The first-order valence-electron chi connectivity index (χ1n) is 9.92. The summed E-state index contributed by atoms with van der Waals surface area (Å²) in [5.41, 5.74) is 2.82. The van der Waals surface area contributed by atoms with Crippen LogP contribution in [-0.2, 0) is 4.79 Å². The quantitative estimate of drug-likeness (QED) is 0.271. The lowest BCUT2D eigenvalue weighted by Gasteiger charge is -2.08. The molecule has 9 heteroatoms. The monoisotopic (exact) mass is 478 g/mol. The number of carbonyl (C=O) groups is 2. The molecule has 0 bridgehead atoms. The van der Waals surface area contributed by atoms with Gasteiger partial charge in [-0.1, -0.05) is 18.2 Å². The highest BCUT2D eigenvalue weighted by Crippen LogP contribution is 2.26. The summed E-state index contributed by atoms with van der Waals surface area (Å²) in [6, 6.07) is 22.1. The summed E-state index contributed by atoms with van der Waals surface area (Å²) in [5.74, 6) is -0.268. The first-order valence-corrected chi connectivity index (χ1v) is 11.8. The van der Waals surface area contributed by atoms with Gasteiger partial charge in [0.25, 0.3) is 0 Å². The summed E-state index contributed by atoms with van der Waals surface area (Å²) in [5, 5.41) is 10.6. The van der Waals surface area contributed by atoms with Gasteiger partial charge in [0.2, 0.25) is 5.91 Å². The molecule has 0 unspecified atom stereocenters. The molecule has 0 saturated carbocycles. The Labute approximate surface area is 198 Å². The number of nitrogens with zero attached hydrogens (tertiary/aromatic N) is 1. The Balaban J connectivity index is 1.24. The molecular formula is C24H19FN4O2S2. The molecule has 0 saturated heterocycles. The molecule has 1 aromatic heterocycles. The van der Waals surface area contributed by atoms with Crippen LogP contribution in [0.25, 0.3) is 11.3 Å². The van der Waals surface area contributed by atoms with Gasteiger partial charge in [-0.3, -0.25) is 4.79 Å². The van der Waals surface area contributed by atoms with E-state index in [1.165, 1.54) is 35.2 Å². The number of rotatable bonds is 7. The molecule has 3 aromatic carbocycles. The number of aromatic nitrogens is 1. The third-order valence-corrected chi connectivity index (χ3v) is 6.17. The van der Waals surface area contributed by atoms with Crippen LogP contribution in [0.5, 0.6) is 0 Å². The number of halogens is 1. The lowest BCUT2D eigenvalue weighted by atomic mass is 10.2. The molecule has 0 aliphatic heterocycles. The predicted molar refractivity (Wildman–Crippen MR) is 132 cm³/mol. The minimum absolute atomic E-state index is 0.176. The maximum atomic E-state index is 13.1. The molecule has 3 N–H and O–H groups in total. The molecule has 0 radical (unpaired) electrons. The summed E-state index contributed by atoms with van der Waals surface area (Å²) in [6.45, 7) is 0. The molecule has 4 rings (SSSR count). The number of hydrogen-bond donors (Lipinski definition) is 3. The van der Waals surface area contributed by atoms with Gasteiger partial charge in [0.1, 0.15) is 5.82 Å². The lowest BCUT2D eigenvalue weighted by Crippen LogP contribution is -2.19. The van der Waals surface area contributed by atoms with Crippen molar-refractivity contribution < 1.29 is 14.0 Å². The summed E-state index contributed by atoms with van der Waals surface area (Å²) in [7, 11) is 0. The Kier molecular flexibility index (Phi) is 7.33. The van der Waals surface area contributed by atoms with Crippen molar-refractivity contribution in [2.24, 2.45) is 0 Å². The van der Waals surface area contributed by atoms with Gasteiger partial charge >= 0.3 is 6.03 Å². The average molecular weight is 479 g/mol. The standard InChI is InChI=1S/C24H19FN4O2S2/c25-17-8-6-16(7-9-17)21-14-33-24(28-21)29-22(30)15-32-20-12-10-19(11-13-20)27-23(31)26-18-4-2-1-3-5-18/h1-14H,15H2,(H2,26,27,31)(H,28,29,30). The van der Waals surface area contributed by atoms with E-state index in [4.69, 9.17) is 0 Å². The van der Waals surface area contributed by atoms with E-state index >= 15 is 0 Å². The molecule has 0 spiro atoms. The van der Waals surface area contributed by atoms with E-state index in [2.05, 4.69) is 20.9 Å². The number of thiazole rings is 1. The Hall–Kier alpha value is -3.69. The van der Waals surface area contributed by atoms with E-state index in [0.29, 0.717) is 22.2 Å². The van der Waals surface area contributed by atoms with Gasteiger partial charge in [-0.15, -0.1) is 23.1 Å². The van der Waals surface area contributed by atoms with Crippen LogP contribution in [0.2, 0.25) is 0 Å². The highest BCUT2D eigenvalue weighted by Gasteiger charge is 2.09. The molecule has 6 nitrogen and oxygen atoms in total. The van der Waals surface area contributed by atoms with Crippen LogP contribution in [0.4, 0.5) is 25.7 Å². The number of thioether (sulfide) groups is 1. The average Bonchev–Trinajstić information content (AvgIpc) is 3.28. The van der Waals surface area contributed by atoms with Crippen molar-refractivity contribution in [3.63, 3.8) is 0 Å². The number of nitrogens with one attached hydrogen (secondary N) is 3. The van der Waals surface area contributed by atoms with Crippen LogP contribution >= 0.6 is 23.1 Å². The van der Waals surface area contributed by atoms with Crippen molar-refractivity contribution >= 4 is 51.5 Å². The fourth-order valence-corrected chi connectivity index (χ4v) is 4.27. The molecule has 166 valence electrons. The second kappa shape index (κ2) is 10.8. The molecule has 1 heterocycles. The van der Waals surface area contributed by atoms with Gasteiger partial charge in [0.15, 0.2) is 5.13 Å². The fraction of sp³-hybridized carbons (Fsp3) is 0.0417. The van der Waals surface area contributed by atoms with E-state index in [-0.39, 0.29) is 23.5 Å². The van der Waals surface area contributed by atoms with E-state index in [1.807, 2.05) is 35.7 Å². The molecule has 3 amide bonds. The van der Waals surface area contributed by atoms with E-state index in [1.54, 1.807) is 36.4 Å². The second-order valence-electron chi connectivity index (χ2n) is 6.85. The van der Waals surface area contributed by atoms with Crippen LogP contribution < -0.4 is 16.0 Å². The van der Waals surface area contributed by atoms with Gasteiger partial charge in [-0.2, -0.15) is 0 Å². The zero-order valence-corrected chi connectivity index (χ0v) is 18.9. The van der Waals surface area contributed by atoms with Gasteiger partial charge in [0, 0.05) is 27.2 Å². The smallest absolute Gasteiger partial charge is 0.308 e. The van der Waals surface area contributed by atoms with Gasteiger partial charge in [-0.05, 0) is 60.7 Å². The molecule has 0 fully saturated rings. The molecule has 0 aliphatic rings. The summed E-state index contributed by atoms with van der Waals surface area (Å²) >= 11 is 2.69. The Morgan fingerprint density at radius 1 is 0.848 bits per heavy atom. The summed E-state index contributed by atoms with van der Waals surface area (Å²) in [6.07, 6.45) is 0. The first kappa shape index (κ1) is 22.5. The number of para-hydroxylation sites is 1. The van der Waals surface area contributed by atoms with Crippen molar-refractivity contribution in [1.82, 2.24) is 4.98 Å². The lowest BCUT2D eigenvalue weighted by molar-refractivity contribution is -0.113. The van der Waals surface area contributed by atoms with Gasteiger partial charge in [-0.25, -0.2) is 14.2 Å². The third kappa shape index (κ3) is 6.64. The number of urea groups is 1. The minimum Gasteiger partial charge on any atom is -0.308 e.